The summed E-state index contributed by atoms with van der Waals surface area (Å²) < 4.78 is 5.94. The normalized spacial score (nSPS) is 16.6. The largest absolute Gasteiger partial charge is 0.440 e. The summed E-state index contributed by atoms with van der Waals surface area (Å²) in [6.07, 6.45) is 3.08. The Morgan fingerprint density at radius 2 is 1.94 bits per heavy atom. The number of fused-ring (bicyclic) bond motifs is 1. The molecule has 0 aliphatic carbocycles. The topological polar surface area (TPSA) is 89.9 Å². The van der Waals surface area contributed by atoms with Crippen molar-refractivity contribution in [1.29, 1.82) is 0 Å². The van der Waals surface area contributed by atoms with E-state index in [1.807, 2.05) is 59.5 Å². The number of oxazole rings is 1. The fourth-order valence-corrected chi connectivity index (χ4v) is 4.04. The second-order valence-corrected chi connectivity index (χ2v) is 7.88. The average Bonchev–Trinajstić information content (AvgIpc) is 3.47. The molecule has 0 spiro atoms. The Morgan fingerprint density at radius 3 is 2.81 bits per heavy atom. The van der Waals surface area contributed by atoms with Crippen molar-refractivity contribution in [3.05, 3.63) is 60.5 Å². The maximum Gasteiger partial charge on any atom is 0.222 e. The Hall–Kier alpha value is -3.55. The van der Waals surface area contributed by atoms with Crippen LogP contribution in [0.3, 0.4) is 0 Å². The lowest BCUT2D eigenvalue weighted by atomic mass is 9.97. The number of likely N-dealkylation sites (tertiary alicyclic amines) is 1. The molecule has 3 heterocycles. The molecule has 0 radical (unpaired) electrons. The number of amides is 1. The number of aryl methyl sites for hydroxylation is 1. The van der Waals surface area contributed by atoms with Crippen molar-refractivity contribution in [3.63, 3.8) is 0 Å². The summed E-state index contributed by atoms with van der Waals surface area (Å²) in [7, 11) is 0. The van der Waals surface area contributed by atoms with Crippen LogP contribution in [0.4, 0.5) is 0 Å². The summed E-state index contributed by atoms with van der Waals surface area (Å²) in [6.45, 7) is 2.01. The van der Waals surface area contributed by atoms with Crippen LogP contribution in [0.15, 0.2) is 59.0 Å². The number of carbonyl (C=O) groups is 1. The minimum atomic E-state index is 0.149. The Balaban J connectivity index is 1.15. The van der Waals surface area contributed by atoms with Gasteiger partial charge in [-0.2, -0.15) is 4.80 Å². The monoisotopic (exact) mass is 416 g/mol. The van der Waals surface area contributed by atoms with E-state index in [4.69, 9.17) is 4.42 Å². The third-order valence-electron chi connectivity index (χ3n) is 5.67. The van der Waals surface area contributed by atoms with Gasteiger partial charge < -0.3 is 9.32 Å². The van der Waals surface area contributed by atoms with E-state index in [2.05, 4.69) is 20.4 Å². The number of aromatic nitrogens is 5. The third kappa shape index (κ3) is 4.33. The summed E-state index contributed by atoms with van der Waals surface area (Å²) in [5, 5.41) is 12.6. The Morgan fingerprint density at radius 1 is 1.10 bits per heavy atom. The summed E-state index contributed by atoms with van der Waals surface area (Å²) in [5.74, 6) is 1.64. The van der Waals surface area contributed by atoms with Crippen LogP contribution < -0.4 is 0 Å². The number of piperidine rings is 1. The second-order valence-electron chi connectivity index (χ2n) is 7.88. The lowest BCUT2D eigenvalue weighted by Crippen LogP contribution is -2.39. The lowest BCUT2D eigenvalue weighted by Gasteiger charge is -2.31. The van der Waals surface area contributed by atoms with Crippen molar-refractivity contribution in [2.75, 3.05) is 13.1 Å². The molecule has 31 heavy (non-hydrogen) atoms. The third-order valence-corrected chi connectivity index (χ3v) is 5.67. The number of para-hydroxylation sites is 2. The van der Waals surface area contributed by atoms with Gasteiger partial charge in [-0.15, -0.1) is 10.2 Å². The molecule has 2 aromatic carbocycles. The molecule has 1 aliphatic heterocycles. The van der Waals surface area contributed by atoms with Gasteiger partial charge in [-0.1, -0.05) is 42.5 Å². The maximum absolute atomic E-state index is 12.8. The highest BCUT2D eigenvalue weighted by molar-refractivity contribution is 5.76. The molecule has 0 saturated carbocycles. The molecule has 0 N–H and O–H groups in total. The van der Waals surface area contributed by atoms with Crippen LogP contribution in [0.25, 0.3) is 22.5 Å². The molecular formula is C23H24N6O2. The van der Waals surface area contributed by atoms with E-state index >= 15 is 0 Å². The van der Waals surface area contributed by atoms with Crippen LogP contribution >= 0.6 is 0 Å². The molecule has 8 heteroatoms. The van der Waals surface area contributed by atoms with Crippen LogP contribution in [0.1, 0.15) is 37.5 Å². The number of benzene rings is 2. The Kier molecular flexibility index (Phi) is 5.43. The zero-order chi connectivity index (χ0) is 21.0. The fraction of sp³-hybridized carbons (Fsp3) is 0.348. The van der Waals surface area contributed by atoms with Crippen molar-refractivity contribution in [1.82, 2.24) is 30.1 Å². The van der Waals surface area contributed by atoms with Gasteiger partial charge >= 0.3 is 0 Å². The van der Waals surface area contributed by atoms with Crippen LogP contribution in [-0.2, 0) is 11.3 Å². The molecule has 1 aliphatic rings. The van der Waals surface area contributed by atoms with Gasteiger partial charge in [0, 0.05) is 25.1 Å². The summed E-state index contributed by atoms with van der Waals surface area (Å²) in [4.78, 5) is 20.9. The molecule has 1 unspecified atom stereocenters. The first-order valence-corrected chi connectivity index (χ1v) is 10.7. The highest BCUT2D eigenvalue weighted by atomic mass is 16.3. The summed E-state index contributed by atoms with van der Waals surface area (Å²) in [6, 6.07) is 17.5. The van der Waals surface area contributed by atoms with E-state index in [1.54, 1.807) is 4.80 Å². The Bertz CT molecular complexity index is 1140. The van der Waals surface area contributed by atoms with Crippen LogP contribution in [-0.4, -0.2) is 49.1 Å². The van der Waals surface area contributed by atoms with Crippen LogP contribution in [0.2, 0.25) is 0 Å². The van der Waals surface area contributed by atoms with E-state index in [1.165, 1.54) is 0 Å². The molecule has 1 saturated heterocycles. The molecule has 5 rings (SSSR count). The summed E-state index contributed by atoms with van der Waals surface area (Å²) in [5.41, 5.74) is 2.61. The van der Waals surface area contributed by atoms with Crippen molar-refractivity contribution in [2.24, 2.45) is 0 Å². The summed E-state index contributed by atoms with van der Waals surface area (Å²) >= 11 is 0. The molecule has 1 fully saturated rings. The van der Waals surface area contributed by atoms with E-state index in [0.717, 1.165) is 41.9 Å². The first-order chi connectivity index (χ1) is 15.3. The number of tetrazole rings is 1. The average molecular weight is 416 g/mol. The highest BCUT2D eigenvalue weighted by Gasteiger charge is 2.27. The number of hydrogen-bond acceptors (Lipinski definition) is 6. The molecule has 4 aromatic rings. The van der Waals surface area contributed by atoms with Gasteiger partial charge in [0.15, 0.2) is 11.5 Å². The van der Waals surface area contributed by atoms with Crippen LogP contribution in [0.5, 0.6) is 0 Å². The molecule has 158 valence electrons. The van der Waals surface area contributed by atoms with Crippen molar-refractivity contribution >= 4 is 17.0 Å². The van der Waals surface area contributed by atoms with E-state index < -0.39 is 0 Å². The Labute approximate surface area is 179 Å². The van der Waals surface area contributed by atoms with E-state index in [-0.39, 0.29) is 11.8 Å². The smallest absolute Gasteiger partial charge is 0.222 e. The van der Waals surface area contributed by atoms with Gasteiger partial charge in [0.25, 0.3) is 0 Å². The number of hydrogen-bond donors (Lipinski definition) is 0. The van der Waals surface area contributed by atoms with Gasteiger partial charge in [-0.25, -0.2) is 4.98 Å². The predicted octanol–water partition coefficient (Wildman–Crippen LogP) is 3.67. The van der Waals surface area contributed by atoms with E-state index in [9.17, 15) is 4.79 Å². The molecule has 2 aromatic heterocycles. The van der Waals surface area contributed by atoms with Crippen molar-refractivity contribution in [2.45, 2.75) is 38.1 Å². The van der Waals surface area contributed by atoms with Gasteiger partial charge in [-0.3, -0.25) is 4.79 Å². The zero-order valence-corrected chi connectivity index (χ0v) is 17.2. The van der Waals surface area contributed by atoms with Gasteiger partial charge in [0.1, 0.15) is 5.52 Å². The standard InChI is InChI=1S/C23H24N6O2/c30-21(13-7-15-29-26-22(25-27-29)17-8-2-1-3-9-17)28-14-6-10-18(16-28)23-24-19-11-4-5-12-20(19)31-23/h1-5,8-9,11-12,18H,6-7,10,13-16H2. The first kappa shape index (κ1) is 19.4. The first-order valence-electron chi connectivity index (χ1n) is 10.7. The lowest BCUT2D eigenvalue weighted by molar-refractivity contribution is -0.132. The molecule has 1 amide bonds. The zero-order valence-electron chi connectivity index (χ0n) is 17.2. The number of carbonyl (C=O) groups excluding carboxylic acids is 1. The molecule has 1 atom stereocenters. The van der Waals surface area contributed by atoms with Crippen molar-refractivity contribution in [3.8, 4) is 11.4 Å². The number of rotatable bonds is 6. The maximum atomic E-state index is 12.8. The molecule has 8 nitrogen and oxygen atoms in total. The molecular weight excluding hydrogens is 392 g/mol. The quantitative estimate of drug-likeness (QED) is 0.476. The van der Waals surface area contributed by atoms with Gasteiger partial charge in [-0.05, 0) is 36.6 Å². The minimum Gasteiger partial charge on any atom is -0.440 e. The fourth-order valence-electron chi connectivity index (χ4n) is 4.04. The van der Waals surface area contributed by atoms with E-state index in [0.29, 0.717) is 31.8 Å². The molecule has 0 bridgehead atoms. The SMILES string of the molecule is O=C(CCCn1nnc(-c2ccccc2)n1)N1CCCC(c2nc3ccccc3o2)C1. The predicted molar refractivity (Wildman–Crippen MR) is 115 cm³/mol. The second kappa shape index (κ2) is 8.67. The van der Waals surface area contributed by atoms with Crippen LogP contribution in [0, 0.1) is 0 Å². The van der Waals surface area contributed by atoms with Crippen molar-refractivity contribution < 1.29 is 9.21 Å². The minimum absolute atomic E-state index is 0.149. The number of nitrogens with zero attached hydrogens (tertiary/aromatic N) is 6. The highest BCUT2D eigenvalue weighted by Crippen LogP contribution is 2.29. The van der Waals surface area contributed by atoms with Gasteiger partial charge in [0.2, 0.25) is 11.7 Å². The van der Waals surface area contributed by atoms with Gasteiger partial charge in [0.05, 0.1) is 12.5 Å².